The highest BCUT2D eigenvalue weighted by Gasteiger charge is 2.07. The van der Waals surface area contributed by atoms with Crippen LogP contribution >= 0.6 is 15.9 Å². The van der Waals surface area contributed by atoms with Crippen molar-refractivity contribution in [1.82, 2.24) is 0 Å². The van der Waals surface area contributed by atoms with Crippen LogP contribution in [-0.2, 0) is 6.54 Å². The van der Waals surface area contributed by atoms with Crippen LogP contribution in [-0.4, -0.2) is 5.84 Å². The molecule has 0 bridgehead atoms. The van der Waals surface area contributed by atoms with Crippen molar-refractivity contribution < 1.29 is 0 Å². The van der Waals surface area contributed by atoms with Gasteiger partial charge in [0.05, 0.1) is 12.4 Å². The summed E-state index contributed by atoms with van der Waals surface area (Å²) in [4.78, 5) is 4.29. The molecule has 1 aliphatic heterocycles. The highest BCUT2D eigenvalue weighted by atomic mass is 79.9. The predicted octanol–water partition coefficient (Wildman–Crippen LogP) is 2.79. The van der Waals surface area contributed by atoms with Gasteiger partial charge in [-0.2, -0.15) is 0 Å². The number of hydrogen-bond acceptors (Lipinski definition) is 2. The number of rotatable bonds is 0. The number of nitrogens with one attached hydrogen (secondary N) is 1. The highest BCUT2D eigenvalue weighted by molar-refractivity contribution is 9.10. The second-order valence-corrected chi connectivity index (χ2v) is 3.74. The van der Waals surface area contributed by atoms with E-state index in [1.165, 1.54) is 5.56 Å². The molecule has 3 heteroatoms. The number of halogens is 1. The molecule has 0 saturated heterocycles. The van der Waals surface area contributed by atoms with E-state index in [2.05, 4.69) is 38.4 Å². The summed E-state index contributed by atoms with van der Waals surface area (Å²) in [7, 11) is 0. The molecular weight excluding hydrogens is 216 g/mol. The Morgan fingerprint density at radius 1 is 1.50 bits per heavy atom. The fourth-order valence-electron chi connectivity index (χ4n) is 1.24. The van der Waals surface area contributed by atoms with E-state index in [4.69, 9.17) is 0 Å². The third-order valence-corrected chi connectivity index (χ3v) is 2.37. The maximum absolute atomic E-state index is 4.29. The topological polar surface area (TPSA) is 24.4 Å². The monoisotopic (exact) mass is 224 g/mol. The van der Waals surface area contributed by atoms with Crippen molar-refractivity contribution in [3.05, 3.63) is 28.2 Å². The summed E-state index contributed by atoms with van der Waals surface area (Å²) >= 11 is 3.43. The van der Waals surface area contributed by atoms with Gasteiger partial charge in [-0.3, -0.25) is 4.99 Å². The van der Waals surface area contributed by atoms with Crippen LogP contribution in [0.25, 0.3) is 0 Å². The molecule has 1 N–H and O–H groups in total. The van der Waals surface area contributed by atoms with Crippen molar-refractivity contribution in [2.24, 2.45) is 4.99 Å². The van der Waals surface area contributed by atoms with E-state index < -0.39 is 0 Å². The van der Waals surface area contributed by atoms with Gasteiger partial charge in [-0.05, 0) is 24.6 Å². The number of hydrogen-bond donors (Lipinski definition) is 1. The number of nitrogens with zero attached hydrogens (tertiary/aromatic N) is 1. The van der Waals surface area contributed by atoms with Crippen molar-refractivity contribution in [3.63, 3.8) is 0 Å². The minimum Gasteiger partial charge on any atom is -0.344 e. The van der Waals surface area contributed by atoms with Crippen LogP contribution in [0.2, 0.25) is 0 Å². The normalized spacial score (nSPS) is 14.7. The Hall–Kier alpha value is -0.830. The van der Waals surface area contributed by atoms with Crippen LogP contribution in [0.4, 0.5) is 5.69 Å². The van der Waals surface area contributed by atoms with Crippen LogP contribution in [0.15, 0.2) is 27.7 Å². The van der Waals surface area contributed by atoms with Gasteiger partial charge in [0.1, 0.15) is 0 Å². The Labute approximate surface area is 79.8 Å². The summed E-state index contributed by atoms with van der Waals surface area (Å²) in [6.07, 6.45) is 0. The molecule has 62 valence electrons. The summed E-state index contributed by atoms with van der Waals surface area (Å²) < 4.78 is 1.10. The average Bonchev–Trinajstić information content (AvgIpc) is 2.03. The molecule has 1 aromatic rings. The SMILES string of the molecule is CC1=NCc2ccc(Br)cc2N1. The molecule has 0 saturated carbocycles. The first-order valence-electron chi connectivity index (χ1n) is 3.82. The van der Waals surface area contributed by atoms with Crippen molar-refractivity contribution >= 4 is 27.5 Å². The van der Waals surface area contributed by atoms with E-state index in [1.807, 2.05) is 13.0 Å². The lowest BCUT2D eigenvalue weighted by Crippen LogP contribution is -2.13. The summed E-state index contributed by atoms with van der Waals surface area (Å²) in [5, 5.41) is 3.22. The Morgan fingerprint density at radius 3 is 3.17 bits per heavy atom. The molecule has 0 aromatic heterocycles. The standard InChI is InChI=1S/C9H9BrN2/c1-6-11-5-7-2-3-8(10)4-9(7)12-6/h2-4H,5H2,1H3,(H,11,12). The molecule has 0 spiro atoms. The van der Waals surface area contributed by atoms with E-state index >= 15 is 0 Å². The minimum absolute atomic E-state index is 0.793. The average molecular weight is 225 g/mol. The van der Waals surface area contributed by atoms with Gasteiger partial charge >= 0.3 is 0 Å². The first-order valence-corrected chi connectivity index (χ1v) is 4.61. The second-order valence-electron chi connectivity index (χ2n) is 2.83. The van der Waals surface area contributed by atoms with Gasteiger partial charge in [0.2, 0.25) is 0 Å². The maximum atomic E-state index is 4.29. The van der Waals surface area contributed by atoms with E-state index in [9.17, 15) is 0 Å². The molecule has 0 aliphatic carbocycles. The molecule has 0 radical (unpaired) electrons. The van der Waals surface area contributed by atoms with Crippen LogP contribution < -0.4 is 5.32 Å². The molecule has 1 aromatic carbocycles. The lowest BCUT2D eigenvalue weighted by Gasteiger charge is -2.15. The van der Waals surface area contributed by atoms with Crippen molar-refractivity contribution in [1.29, 1.82) is 0 Å². The minimum atomic E-state index is 0.793. The van der Waals surface area contributed by atoms with Crippen molar-refractivity contribution in [2.75, 3.05) is 5.32 Å². The number of benzene rings is 1. The number of fused-ring (bicyclic) bond motifs is 1. The fourth-order valence-corrected chi connectivity index (χ4v) is 1.60. The first-order chi connectivity index (χ1) is 5.75. The molecule has 0 atom stereocenters. The molecule has 2 nitrogen and oxygen atoms in total. The molecule has 2 rings (SSSR count). The van der Waals surface area contributed by atoms with Gasteiger partial charge in [0, 0.05) is 10.2 Å². The summed E-state index contributed by atoms with van der Waals surface area (Å²) in [6.45, 7) is 2.77. The van der Waals surface area contributed by atoms with Crippen LogP contribution in [0, 0.1) is 0 Å². The Bertz CT molecular complexity index is 344. The maximum Gasteiger partial charge on any atom is 0.0979 e. The Kier molecular flexibility index (Phi) is 1.89. The first kappa shape index (κ1) is 7.80. The second kappa shape index (κ2) is 2.90. The highest BCUT2D eigenvalue weighted by Crippen LogP contribution is 2.24. The molecule has 12 heavy (non-hydrogen) atoms. The number of aliphatic imine (C=N–C) groups is 1. The van der Waals surface area contributed by atoms with E-state index in [-0.39, 0.29) is 0 Å². The number of anilines is 1. The zero-order valence-corrected chi connectivity index (χ0v) is 8.35. The quantitative estimate of drug-likeness (QED) is 0.721. The predicted molar refractivity (Wildman–Crippen MR) is 54.6 cm³/mol. The lowest BCUT2D eigenvalue weighted by molar-refractivity contribution is 1.04. The van der Waals surface area contributed by atoms with Gasteiger partial charge in [0.15, 0.2) is 0 Å². The lowest BCUT2D eigenvalue weighted by atomic mass is 10.1. The molecular formula is C9H9BrN2. The summed E-state index contributed by atoms with van der Waals surface area (Å²) in [6, 6.07) is 6.20. The van der Waals surface area contributed by atoms with Crippen LogP contribution in [0.1, 0.15) is 12.5 Å². The van der Waals surface area contributed by atoms with Gasteiger partial charge in [0.25, 0.3) is 0 Å². The van der Waals surface area contributed by atoms with Gasteiger partial charge in [-0.1, -0.05) is 22.0 Å². The Morgan fingerprint density at radius 2 is 2.33 bits per heavy atom. The molecule has 0 amide bonds. The van der Waals surface area contributed by atoms with Crippen molar-refractivity contribution in [2.45, 2.75) is 13.5 Å². The van der Waals surface area contributed by atoms with Gasteiger partial charge < -0.3 is 5.32 Å². The van der Waals surface area contributed by atoms with E-state index in [1.54, 1.807) is 0 Å². The molecule has 0 fully saturated rings. The van der Waals surface area contributed by atoms with Gasteiger partial charge in [-0.15, -0.1) is 0 Å². The van der Waals surface area contributed by atoms with Crippen LogP contribution in [0.5, 0.6) is 0 Å². The molecule has 0 unspecified atom stereocenters. The van der Waals surface area contributed by atoms with E-state index in [0.717, 1.165) is 22.5 Å². The Balaban J connectivity index is 2.43. The molecule has 1 heterocycles. The third kappa shape index (κ3) is 1.37. The zero-order chi connectivity index (χ0) is 8.55. The smallest absolute Gasteiger partial charge is 0.0979 e. The third-order valence-electron chi connectivity index (χ3n) is 1.87. The van der Waals surface area contributed by atoms with Crippen molar-refractivity contribution in [3.8, 4) is 0 Å². The summed E-state index contributed by atoms with van der Waals surface area (Å²) in [5.74, 6) is 0.987. The van der Waals surface area contributed by atoms with Gasteiger partial charge in [-0.25, -0.2) is 0 Å². The molecule has 1 aliphatic rings. The fraction of sp³-hybridized carbons (Fsp3) is 0.222. The summed E-state index contributed by atoms with van der Waals surface area (Å²) in [5.41, 5.74) is 2.42. The zero-order valence-electron chi connectivity index (χ0n) is 6.76. The largest absolute Gasteiger partial charge is 0.344 e. The van der Waals surface area contributed by atoms with Crippen LogP contribution in [0.3, 0.4) is 0 Å². The van der Waals surface area contributed by atoms with E-state index in [0.29, 0.717) is 0 Å². The number of amidine groups is 1.